The fourth-order valence-corrected chi connectivity index (χ4v) is 3.21. The first-order valence-corrected chi connectivity index (χ1v) is 6.88. The monoisotopic (exact) mass is 292 g/mol. The van der Waals surface area contributed by atoms with Gasteiger partial charge in [-0.05, 0) is 12.5 Å². The van der Waals surface area contributed by atoms with Crippen LogP contribution in [0.2, 0.25) is 0 Å². The molecule has 7 heteroatoms. The lowest BCUT2D eigenvalue weighted by molar-refractivity contribution is -0.114. The number of amides is 1. The van der Waals surface area contributed by atoms with E-state index in [1.807, 2.05) is 35.2 Å². The van der Waals surface area contributed by atoms with Crippen molar-refractivity contribution >= 4 is 23.5 Å². The molecule has 5 N–H and O–H groups in total. The van der Waals surface area contributed by atoms with Gasteiger partial charge < -0.3 is 21.6 Å². The predicted octanol–water partition coefficient (Wildman–Crippen LogP) is 1.02. The van der Waals surface area contributed by atoms with Gasteiger partial charge >= 0.3 is 0 Å². The Morgan fingerprint density at radius 1 is 1.40 bits per heavy atom. The first kappa shape index (κ1) is 14.3. The molecule has 1 unspecified atom stereocenters. The molecular weight excluding hydrogens is 276 g/mol. The number of allylic oxidation sites excluding steroid dienone is 1. The average molecular weight is 292 g/mol. The van der Waals surface area contributed by atoms with Gasteiger partial charge in [-0.3, -0.25) is 4.79 Å². The van der Waals surface area contributed by atoms with E-state index in [0.29, 0.717) is 11.4 Å². The van der Waals surface area contributed by atoms with E-state index >= 15 is 0 Å². The van der Waals surface area contributed by atoms with Gasteiger partial charge in [-0.25, -0.2) is 0 Å². The normalized spacial score (nSPS) is 19.6. The van der Waals surface area contributed by atoms with Gasteiger partial charge in [-0.2, -0.15) is 0 Å². The lowest BCUT2D eigenvalue weighted by atomic mass is 10.2. The zero-order valence-corrected chi connectivity index (χ0v) is 11.8. The van der Waals surface area contributed by atoms with Crippen LogP contribution in [-0.2, 0) is 11.3 Å². The van der Waals surface area contributed by atoms with E-state index in [0.717, 1.165) is 11.3 Å². The SMILES string of the molecule is CC1=C(C(N)=O)SC(C(N)=NO)N1Cc1ccccc1. The third-order valence-corrected chi connectivity index (χ3v) is 4.51. The Morgan fingerprint density at radius 2 is 2.05 bits per heavy atom. The summed E-state index contributed by atoms with van der Waals surface area (Å²) in [5.74, 6) is -0.458. The summed E-state index contributed by atoms with van der Waals surface area (Å²) in [4.78, 5) is 13.8. The summed E-state index contributed by atoms with van der Waals surface area (Å²) in [5.41, 5.74) is 12.9. The Bertz CT molecular complexity index is 571. The van der Waals surface area contributed by atoms with Gasteiger partial charge in [-0.1, -0.05) is 47.2 Å². The summed E-state index contributed by atoms with van der Waals surface area (Å²) in [6.07, 6.45) is 0. The standard InChI is InChI=1S/C13H16N4O2S/c1-8-10(12(15)18)20-13(11(14)16-19)17(8)7-9-5-3-2-4-6-9/h2-6,13,19H,7H2,1H3,(H2,14,16)(H2,15,18). The zero-order valence-electron chi connectivity index (χ0n) is 11.0. The maximum absolute atomic E-state index is 11.4. The molecule has 0 radical (unpaired) electrons. The average Bonchev–Trinajstić information content (AvgIpc) is 2.77. The number of hydrogen-bond acceptors (Lipinski definition) is 5. The number of primary amides is 1. The van der Waals surface area contributed by atoms with Gasteiger partial charge in [0.2, 0.25) is 0 Å². The van der Waals surface area contributed by atoms with Crippen LogP contribution in [-0.4, -0.2) is 27.2 Å². The molecule has 1 aromatic rings. The molecule has 0 bridgehead atoms. The third kappa shape index (κ3) is 2.72. The molecule has 1 aliphatic heterocycles. The van der Waals surface area contributed by atoms with E-state index in [9.17, 15) is 4.79 Å². The van der Waals surface area contributed by atoms with Gasteiger partial charge in [0, 0.05) is 12.2 Å². The summed E-state index contributed by atoms with van der Waals surface area (Å²) < 4.78 is 0. The number of benzene rings is 1. The minimum absolute atomic E-state index is 0.0431. The van der Waals surface area contributed by atoms with Crippen LogP contribution in [0.5, 0.6) is 0 Å². The quantitative estimate of drug-likeness (QED) is 0.333. The molecule has 2 rings (SSSR count). The van der Waals surface area contributed by atoms with Crippen LogP contribution < -0.4 is 11.5 Å². The van der Waals surface area contributed by atoms with E-state index in [2.05, 4.69) is 5.16 Å². The fourth-order valence-electron chi connectivity index (χ4n) is 2.05. The van der Waals surface area contributed by atoms with Crippen LogP contribution in [0.4, 0.5) is 0 Å². The second-order valence-electron chi connectivity index (χ2n) is 4.39. The Kier molecular flexibility index (Phi) is 4.19. The molecular formula is C13H16N4O2S. The minimum Gasteiger partial charge on any atom is -0.409 e. The number of oxime groups is 1. The number of amidine groups is 1. The summed E-state index contributed by atoms with van der Waals surface area (Å²) in [5, 5.41) is 11.5. The van der Waals surface area contributed by atoms with E-state index in [1.54, 1.807) is 6.92 Å². The molecule has 0 spiro atoms. The molecule has 0 saturated carbocycles. The number of rotatable bonds is 4. The van der Waals surface area contributed by atoms with Gasteiger partial charge in [-0.15, -0.1) is 0 Å². The number of nitrogens with zero attached hydrogens (tertiary/aromatic N) is 2. The van der Waals surface area contributed by atoms with Crippen molar-refractivity contribution in [2.24, 2.45) is 16.6 Å². The molecule has 1 heterocycles. The molecule has 0 saturated heterocycles. The van der Waals surface area contributed by atoms with Crippen molar-refractivity contribution in [1.29, 1.82) is 0 Å². The Labute approximate surface area is 121 Å². The van der Waals surface area contributed by atoms with Gasteiger partial charge in [0.15, 0.2) is 5.84 Å². The first-order chi connectivity index (χ1) is 9.54. The highest BCUT2D eigenvalue weighted by atomic mass is 32.2. The Hall–Kier alpha value is -2.15. The zero-order chi connectivity index (χ0) is 14.7. The highest BCUT2D eigenvalue weighted by Crippen LogP contribution is 2.38. The summed E-state index contributed by atoms with van der Waals surface area (Å²) in [6.45, 7) is 2.36. The van der Waals surface area contributed by atoms with Gasteiger partial charge in [0.1, 0.15) is 5.37 Å². The van der Waals surface area contributed by atoms with Crippen LogP contribution in [0.3, 0.4) is 0 Å². The molecule has 0 aliphatic carbocycles. The third-order valence-electron chi connectivity index (χ3n) is 3.06. The van der Waals surface area contributed by atoms with Crippen LogP contribution >= 0.6 is 11.8 Å². The van der Waals surface area contributed by atoms with Crippen LogP contribution in [0.15, 0.2) is 46.1 Å². The molecule has 6 nitrogen and oxygen atoms in total. The maximum atomic E-state index is 11.4. The lowest BCUT2D eigenvalue weighted by Crippen LogP contribution is -2.38. The Balaban J connectivity index is 2.31. The summed E-state index contributed by atoms with van der Waals surface area (Å²) in [7, 11) is 0. The first-order valence-electron chi connectivity index (χ1n) is 6.00. The predicted molar refractivity (Wildman–Crippen MR) is 78.7 cm³/mol. The molecule has 106 valence electrons. The van der Waals surface area contributed by atoms with E-state index in [-0.39, 0.29) is 5.84 Å². The van der Waals surface area contributed by atoms with E-state index in [4.69, 9.17) is 16.7 Å². The highest BCUT2D eigenvalue weighted by molar-refractivity contribution is 8.05. The number of carbonyl (C=O) groups excluding carboxylic acids is 1. The minimum atomic E-state index is -0.501. The second kappa shape index (κ2) is 5.87. The van der Waals surface area contributed by atoms with E-state index in [1.165, 1.54) is 11.8 Å². The van der Waals surface area contributed by atoms with Crippen molar-refractivity contribution in [3.05, 3.63) is 46.5 Å². The summed E-state index contributed by atoms with van der Waals surface area (Å²) >= 11 is 1.20. The van der Waals surface area contributed by atoms with E-state index < -0.39 is 11.3 Å². The molecule has 0 fully saturated rings. The van der Waals surface area contributed by atoms with Crippen molar-refractivity contribution < 1.29 is 10.0 Å². The molecule has 1 atom stereocenters. The smallest absolute Gasteiger partial charge is 0.256 e. The van der Waals surface area contributed by atoms with Crippen molar-refractivity contribution in [3.8, 4) is 0 Å². The number of nitrogens with two attached hydrogens (primary N) is 2. The summed E-state index contributed by atoms with van der Waals surface area (Å²) in [6, 6.07) is 9.75. The number of carbonyl (C=O) groups is 1. The van der Waals surface area contributed by atoms with Crippen LogP contribution in [0, 0.1) is 0 Å². The molecule has 20 heavy (non-hydrogen) atoms. The Morgan fingerprint density at radius 3 is 2.60 bits per heavy atom. The number of hydrogen-bond donors (Lipinski definition) is 3. The van der Waals surface area contributed by atoms with Crippen LogP contribution in [0.1, 0.15) is 12.5 Å². The van der Waals surface area contributed by atoms with Crippen molar-refractivity contribution in [3.63, 3.8) is 0 Å². The largest absolute Gasteiger partial charge is 0.409 e. The lowest BCUT2D eigenvalue weighted by Gasteiger charge is -2.26. The van der Waals surface area contributed by atoms with Crippen LogP contribution in [0.25, 0.3) is 0 Å². The number of thioether (sulfide) groups is 1. The maximum Gasteiger partial charge on any atom is 0.256 e. The fraction of sp³-hybridized carbons (Fsp3) is 0.231. The second-order valence-corrected chi connectivity index (χ2v) is 5.48. The molecule has 1 aliphatic rings. The molecule has 1 amide bonds. The van der Waals surface area contributed by atoms with Crippen molar-refractivity contribution in [1.82, 2.24) is 4.90 Å². The molecule has 1 aromatic carbocycles. The highest BCUT2D eigenvalue weighted by Gasteiger charge is 2.35. The van der Waals surface area contributed by atoms with Gasteiger partial charge in [0.05, 0.1) is 4.91 Å². The van der Waals surface area contributed by atoms with Crippen molar-refractivity contribution in [2.75, 3.05) is 0 Å². The van der Waals surface area contributed by atoms with Crippen molar-refractivity contribution in [2.45, 2.75) is 18.8 Å². The molecule has 0 aromatic heterocycles. The topological polar surface area (TPSA) is 105 Å². The van der Waals surface area contributed by atoms with Gasteiger partial charge in [0.25, 0.3) is 5.91 Å².